The molecular formula is C27H37N7O8P+. The highest BCUT2D eigenvalue weighted by molar-refractivity contribution is 7.37. The van der Waals surface area contributed by atoms with Crippen LogP contribution < -0.4 is 25.0 Å². The summed E-state index contributed by atoms with van der Waals surface area (Å²) in [5.41, 5.74) is 3.60. The van der Waals surface area contributed by atoms with E-state index >= 15 is 0 Å². The van der Waals surface area contributed by atoms with E-state index in [1.54, 1.807) is 32.0 Å². The van der Waals surface area contributed by atoms with Crippen molar-refractivity contribution in [3.05, 3.63) is 30.6 Å². The van der Waals surface area contributed by atoms with Gasteiger partial charge in [-0.1, -0.05) is 31.1 Å². The minimum absolute atomic E-state index is 0.0383. The summed E-state index contributed by atoms with van der Waals surface area (Å²) in [6.07, 6.45) is 0.0739. The molecule has 0 spiro atoms. The molecule has 6 atom stereocenters. The van der Waals surface area contributed by atoms with Crippen LogP contribution in [0.15, 0.2) is 30.6 Å². The van der Waals surface area contributed by atoms with Gasteiger partial charge in [0.05, 0.1) is 6.33 Å². The fourth-order valence-corrected chi connectivity index (χ4v) is 6.00. The van der Waals surface area contributed by atoms with E-state index in [1.807, 2.05) is 11.9 Å². The molecule has 2 aliphatic rings. The van der Waals surface area contributed by atoms with Crippen LogP contribution in [0.5, 0.6) is 11.5 Å². The number of anilines is 2. The lowest BCUT2D eigenvalue weighted by atomic mass is 9.90. The first-order valence-corrected chi connectivity index (χ1v) is 15.1. The number of ether oxygens (including phenoxy) is 2. The van der Waals surface area contributed by atoms with Gasteiger partial charge in [0.15, 0.2) is 34.5 Å². The van der Waals surface area contributed by atoms with Crippen molar-refractivity contribution in [3.63, 3.8) is 0 Å². The summed E-state index contributed by atoms with van der Waals surface area (Å²) >= 11 is 0. The Balaban J connectivity index is 1.32. The topological polar surface area (TPSA) is 207 Å². The molecule has 0 bridgehead atoms. The number of imidazole rings is 1. The molecule has 1 aliphatic carbocycles. The lowest BCUT2D eigenvalue weighted by molar-refractivity contribution is -0.145. The molecule has 5 rings (SSSR count). The molecule has 1 saturated heterocycles. The largest absolute Gasteiger partial charge is 0.664 e. The average molecular weight is 619 g/mol. The third kappa shape index (κ3) is 5.83. The molecule has 16 heteroatoms. The van der Waals surface area contributed by atoms with Crippen LogP contribution >= 0.6 is 8.18 Å². The molecule has 43 heavy (non-hydrogen) atoms. The number of nitrogen functional groups attached to an aromatic ring is 1. The first-order valence-electron chi connectivity index (χ1n) is 13.9. The molecule has 15 nitrogen and oxygen atoms in total. The van der Waals surface area contributed by atoms with Crippen molar-refractivity contribution >= 4 is 37.1 Å². The maximum atomic E-state index is 12.8. The van der Waals surface area contributed by atoms with Gasteiger partial charge in [0.25, 0.3) is 0 Å². The molecule has 6 N–H and O–H groups in total. The van der Waals surface area contributed by atoms with Gasteiger partial charge in [0.2, 0.25) is 11.7 Å². The van der Waals surface area contributed by atoms with Crippen LogP contribution in [0.2, 0.25) is 0 Å². The Morgan fingerprint density at radius 3 is 2.63 bits per heavy atom. The van der Waals surface area contributed by atoms with Gasteiger partial charge in [-0.3, -0.25) is 9.36 Å². The van der Waals surface area contributed by atoms with Crippen LogP contribution in [0.1, 0.15) is 46.8 Å². The first kappa shape index (κ1) is 30.8. The SMILES string of the molecule is CC(C)C(C)(N[P+](=O)Oc1ccccc1OC[C@H]1O[C@@H](n2cnc3c(N(C)C4CC4)nc(N)nc32)[C@](C)(O)[C@@H]1O)C(=O)O. The smallest absolute Gasteiger partial charge is 0.487 e. The van der Waals surface area contributed by atoms with Gasteiger partial charge in [-0.15, -0.1) is 0 Å². The van der Waals surface area contributed by atoms with E-state index in [0.717, 1.165) is 12.8 Å². The summed E-state index contributed by atoms with van der Waals surface area (Å²) in [4.78, 5) is 27.0. The Hall–Kier alpha value is -3.62. The Kier molecular flexibility index (Phi) is 8.22. The number of rotatable bonds is 12. The number of aliphatic hydroxyl groups excluding tert-OH is 1. The number of nitrogens with zero attached hydrogens (tertiary/aromatic N) is 5. The molecule has 3 heterocycles. The molecule has 232 valence electrons. The number of nitrogens with two attached hydrogens (primary N) is 1. The predicted molar refractivity (Wildman–Crippen MR) is 156 cm³/mol. The summed E-state index contributed by atoms with van der Waals surface area (Å²) in [6, 6.07) is 6.73. The third-order valence-corrected chi connectivity index (χ3v) is 9.22. The standard InChI is InChI=1S/C27H36N7O8P/c1-14(2)26(3,24(36)37)32-43(39)42-17-9-7-6-8-16(17)40-12-18-20(35)27(4,38)23(41-18)34-13-29-19-21(33(5)15-10-11-15)30-25(28)31-22(19)34/h6-9,13-15,18,20,23,35,38H,10-12H2,1-5H3,(H3-,28,30,31,32,36,37,39)/p+1/t18-,20-,23-,26?,27-/m1/s1. The highest BCUT2D eigenvalue weighted by atomic mass is 31.1. The van der Waals surface area contributed by atoms with Gasteiger partial charge >= 0.3 is 14.1 Å². The van der Waals surface area contributed by atoms with Crippen LogP contribution in [-0.4, -0.2) is 83.9 Å². The van der Waals surface area contributed by atoms with Crippen molar-refractivity contribution in [2.24, 2.45) is 5.92 Å². The van der Waals surface area contributed by atoms with Crippen molar-refractivity contribution in [1.29, 1.82) is 0 Å². The second-order valence-electron chi connectivity index (χ2n) is 11.6. The Bertz CT molecular complexity index is 1530. The van der Waals surface area contributed by atoms with Crippen LogP contribution in [0.3, 0.4) is 0 Å². The number of aliphatic carboxylic acids is 1. The van der Waals surface area contributed by atoms with Gasteiger partial charge in [-0.2, -0.15) is 9.97 Å². The Labute approximate surface area is 248 Å². The fourth-order valence-electron chi connectivity index (χ4n) is 4.89. The maximum absolute atomic E-state index is 12.8. The molecule has 1 saturated carbocycles. The van der Waals surface area contributed by atoms with E-state index in [2.05, 4.69) is 20.0 Å². The number of hydrogen-bond donors (Lipinski definition) is 5. The molecule has 1 aromatic carbocycles. The van der Waals surface area contributed by atoms with Gasteiger partial charge < -0.3 is 35.4 Å². The normalized spacial score (nSPS) is 25.5. The lowest BCUT2D eigenvalue weighted by Gasteiger charge is -2.27. The number of carbonyl (C=O) groups is 1. The zero-order valence-corrected chi connectivity index (χ0v) is 25.4. The summed E-state index contributed by atoms with van der Waals surface area (Å²) in [6.45, 7) is 6.04. The number of carboxylic acid groups (broad SMARTS) is 1. The van der Waals surface area contributed by atoms with Crippen LogP contribution in [0, 0.1) is 5.92 Å². The number of carboxylic acids is 1. The summed E-state index contributed by atoms with van der Waals surface area (Å²) in [5, 5.41) is 34.6. The number of aliphatic hydroxyl groups is 2. The van der Waals surface area contributed by atoms with Gasteiger partial charge in [-0.05, 0) is 44.7 Å². The number of para-hydroxylation sites is 2. The van der Waals surface area contributed by atoms with E-state index in [1.165, 1.54) is 30.8 Å². The molecule has 2 aromatic heterocycles. The van der Waals surface area contributed by atoms with E-state index in [-0.39, 0.29) is 30.0 Å². The number of aromatic nitrogens is 4. The third-order valence-electron chi connectivity index (χ3n) is 8.21. The predicted octanol–water partition coefficient (Wildman–Crippen LogP) is 2.22. The van der Waals surface area contributed by atoms with Gasteiger partial charge in [0.1, 0.15) is 24.4 Å². The lowest BCUT2D eigenvalue weighted by Crippen LogP contribution is -2.50. The molecule has 0 radical (unpaired) electrons. The van der Waals surface area contributed by atoms with Crippen molar-refractivity contribution < 1.29 is 38.7 Å². The van der Waals surface area contributed by atoms with Crippen molar-refractivity contribution in [1.82, 2.24) is 24.6 Å². The molecule has 3 aromatic rings. The molecule has 1 aliphatic heterocycles. The van der Waals surface area contributed by atoms with Gasteiger partial charge in [0, 0.05) is 17.7 Å². The van der Waals surface area contributed by atoms with E-state index in [0.29, 0.717) is 23.0 Å². The quantitative estimate of drug-likeness (QED) is 0.185. The number of benzene rings is 1. The van der Waals surface area contributed by atoms with Crippen LogP contribution in [0.4, 0.5) is 11.8 Å². The van der Waals surface area contributed by atoms with Crippen molar-refractivity contribution in [3.8, 4) is 11.5 Å². The second kappa shape index (κ2) is 11.5. The number of fused-ring (bicyclic) bond motifs is 1. The minimum Gasteiger partial charge on any atom is -0.487 e. The monoisotopic (exact) mass is 618 g/mol. The summed E-state index contributed by atoms with van der Waals surface area (Å²) in [5.74, 6) is -0.682. The molecule has 0 amide bonds. The van der Waals surface area contributed by atoms with Gasteiger partial charge in [-0.25, -0.2) is 9.51 Å². The fraction of sp³-hybridized carbons (Fsp3) is 0.556. The summed E-state index contributed by atoms with van der Waals surface area (Å²) in [7, 11) is -0.731. The first-order chi connectivity index (χ1) is 20.2. The number of hydrogen-bond acceptors (Lipinski definition) is 12. The van der Waals surface area contributed by atoms with Crippen LogP contribution in [0.25, 0.3) is 11.2 Å². The highest BCUT2D eigenvalue weighted by Gasteiger charge is 2.54. The van der Waals surface area contributed by atoms with E-state index in [4.69, 9.17) is 19.7 Å². The molecular weight excluding hydrogens is 581 g/mol. The van der Waals surface area contributed by atoms with Crippen molar-refractivity contribution in [2.75, 3.05) is 24.3 Å². The second-order valence-corrected chi connectivity index (χ2v) is 12.6. The maximum Gasteiger partial charge on any atom is 0.664 e. The minimum atomic E-state index is -2.65. The van der Waals surface area contributed by atoms with E-state index in [9.17, 15) is 24.7 Å². The molecule has 2 fully saturated rings. The Morgan fingerprint density at radius 2 is 2.00 bits per heavy atom. The van der Waals surface area contributed by atoms with E-state index < -0.39 is 43.7 Å². The zero-order chi connectivity index (χ0) is 31.3. The zero-order valence-electron chi connectivity index (χ0n) is 24.5. The van der Waals surface area contributed by atoms with Crippen LogP contribution in [-0.2, 0) is 14.1 Å². The summed E-state index contributed by atoms with van der Waals surface area (Å²) < 4.78 is 31.8. The number of nitrogens with one attached hydrogen (secondary N) is 1. The average Bonchev–Trinajstić information content (AvgIpc) is 3.67. The molecule has 2 unspecified atom stereocenters. The highest BCUT2D eigenvalue weighted by Crippen LogP contribution is 2.42. The Morgan fingerprint density at radius 1 is 1.33 bits per heavy atom. The van der Waals surface area contributed by atoms with Crippen molar-refractivity contribution in [2.45, 2.75) is 76.2 Å².